The van der Waals surface area contributed by atoms with Gasteiger partial charge in [0, 0.05) is 42.3 Å². The zero-order valence-electron chi connectivity index (χ0n) is 21.2. The van der Waals surface area contributed by atoms with Crippen LogP contribution in [0.25, 0.3) is 11.1 Å². The SMILES string of the molecule is O=C(NNC(=O)C(F)(F)F)c1ccc(CN(C(=O)N2CCS(=O)(=O)CC2)c2ccc(-c3cccnc3)cc2)c(F)c1. The first-order chi connectivity index (χ1) is 19.3. The molecule has 1 aliphatic rings. The third-order valence-corrected chi connectivity index (χ3v) is 7.82. The average Bonchev–Trinajstić information content (AvgIpc) is 2.95. The molecule has 2 heterocycles. The van der Waals surface area contributed by atoms with E-state index in [4.69, 9.17) is 0 Å². The fourth-order valence-corrected chi connectivity index (χ4v) is 5.16. The molecule has 2 aromatic carbocycles. The van der Waals surface area contributed by atoms with Crippen molar-refractivity contribution in [3.05, 3.63) is 83.9 Å². The number of halogens is 4. The van der Waals surface area contributed by atoms with E-state index in [1.54, 1.807) is 48.2 Å². The number of hydrogen-bond acceptors (Lipinski definition) is 6. The van der Waals surface area contributed by atoms with Gasteiger partial charge in [-0.25, -0.2) is 17.6 Å². The standard InChI is InChI=1S/C26H23F4N5O5S/c27-22-14-18(23(36)32-33-24(37)26(28,29)30)3-4-20(22)16-35(25(38)34-10-12-41(39,40)13-11-34)21-7-5-17(6-8-21)19-2-1-9-31-15-19/h1-9,14-15H,10-13,16H2,(H,32,36)(H,33,37). The molecule has 1 fully saturated rings. The van der Waals surface area contributed by atoms with Gasteiger partial charge in [-0.1, -0.05) is 24.3 Å². The number of benzene rings is 2. The Morgan fingerprint density at radius 1 is 0.951 bits per heavy atom. The first-order valence-corrected chi connectivity index (χ1v) is 13.9. The Hall–Kier alpha value is -4.53. The summed E-state index contributed by atoms with van der Waals surface area (Å²) in [7, 11) is -3.28. The smallest absolute Gasteiger partial charge is 0.322 e. The van der Waals surface area contributed by atoms with Crippen molar-refractivity contribution in [3.63, 3.8) is 0 Å². The molecule has 1 saturated heterocycles. The van der Waals surface area contributed by atoms with Crippen LogP contribution in [-0.4, -0.2) is 66.9 Å². The van der Waals surface area contributed by atoms with Gasteiger partial charge in [-0.2, -0.15) is 13.2 Å². The van der Waals surface area contributed by atoms with E-state index in [1.807, 2.05) is 6.07 Å². The molecule has 1 aromatic heterocycles. The summed E-state index contributed by atoms with van der Waals surface area (Å²) < 4.78 is 75.8. The van der Waals surface area contributed by atoms with Crippen LogP contribution in [0, 0.1) is 5.82 Å². The van der Waals surface area contributed by atoms with E-state index in [-0.39, 0.29) is 42.3 Å². The second-order valence-electron chi connectivity index (χ2n) is 9.01. The molecule has 2 N–H and O–H groups in total. The Morgan fingerprint density at radius 2 is 1.63 bits per heavy atom. The van der Waals surface area contributed by atoms with Gasteiger partial charge in [-0.3, -0.25) is 30.3 Å². The maximum atomic E-state index is 15.1. The molecule has 216 valence electrons. The number of amides is 4. The summed E-state index contributed by atoms with van der Waals surface area (Å²) in [5.74, 6) is -4.96. The van der Waals surface area contributed by atoms with Crippen LogP contribution in [0.15, 0.2) is 67.0 Å². The predicted molar refractivity (Wildman–Crippen MR) is 140 cm³/mol. The van der Waals surface area contributed by atoms with E-state index in [9.17, 15) is 36.0 Å². The van der Waals surface area contributed by atoms with Crippen molar-refractivity contribution in [1.29, 1.82) is 0 Å². The lowest BCUT2D eigenvalue weighted by atomic mass is 10.1. The Balaban J connectivity index is 1.57. The average molecular weight is 594 g/mol. The van der Waals surface area contributed by atoms with Gasteiger partial charge in [-0.05, 0) is 41.5 Å². The number of pyridine rings is 1. The number of rotatable bonds is 5. The molecule has 0 atom stereocenters. The van der Waals surface area contributed by atoms with Crippen LogP contribution in [0.4, 0.5) is 28.0 Å². The number of nitrogens with one attached hydrogen (secondary N) is 2. The Labute approximate surface area is 231 Å². The van der Waals surface area contributed by atoms with E-state index in [0.717, 1.165) is 23.3 Å². The Bertz CT molecular complexity index is 1540. The van der Waals surface area contributed by atoms with E-state index >= 15 is 4.39 Å². The van der Waals surface area contributed by atoms with Gasteiger partial charge in [0.2, 0.25) is 0 Å². The molecular weight excluding hydrogens is 570 g/mol. The van der Waals surface area contributed by atoms with Gasteiger partial charge in [-0.15, -0.1) is 0 Å². The van der Waals surface area contributed by atoms with Crippen molar-refractivity contribution in [2.24, 2.45) is 0 Å². The minimum absolute atomic E-state index is 0.0322. The summed E-state index contributed by atoms with van der Waals surface area (Å²) >= 11 is 0. The first-order valence-electron chi connectivity index (χ1n) is 12.1. The number of carbonyl (C=O) groups is 3. The summed E-state index contributed by atoms with van der Waals surface area (Å²) in [4.78, 5) is 43.2. The maximum Gasteiger partial charge on any atom is 0.472 e. The summed E-state index contributed by atoms with van der Waals surface area (Å²) in [5.41, 5.74) is 4.34. The lowest BCUT2D eigenvalue weighted by Gasteiger charge is -2.33. The van der Waals surface area contributed by atoms with Gasteiger partial charge in [0.05, 0.1) is 18.1 Å². The van der Waals surface area contributed by atoms with E-state index < -0.39 is 39.7 Å². The highest BCUT2D eigenvalue weighted by atomic mass is 32.2. The van der Waals surface area contributed by atoms with Gasteiger partial charge >= 0.3 is 18.1 Å². The second kappa shape index (κ2) is 11.9. The highest BCUT2D eigenvalue weighted by Crippen LogP contribution is 2.26. The van der Waals surface area contributed by atoms with Crippen LogP contribution < -0.4 is 15.8 Å². The summed E-state index contributed by atoms with van der Waals surface area (Å²) in [5, 5.41) is 0. The number of alkyl halides is 3. The number of carbonyl (C=O) groups excluding carboxylic acids is 3. The summed E-state index contributed by atoms with van der Waals surface area (Å²) in [6, 6.07) is 12.9. The lowest BCUT2D eigenvalue weighted by Crippen LogP contribution is -2.49. The Kier molecular flexibility index (Phi) is 8.56. The monoisotopic (exact) mass is 593 g/mol. The number of hydrogen-bond donors (Lipinski definition) is 2. The molecular formula is C26H23F4N5O5S. The number of urea groups is 1. The second-order valence-corrected chi connectivity index (χ2v) is 11.3. The zero-order valence-corrected chi connectivity index (χ0v) is 22.0. The molecule has 41 heavy (non-hydrogen) atoms. The third-order valence-electron chi connectivity index (χ3n) is 6.21. The molecule has 0 unspecified atom stereocenters. The molecule has 0 spiro atoms. The topological polar surface area (TPSA) is 129 Å². The molecule has 15 heteroatoms. The van der Waals surface area contributed by atoms with Crippen LogP contribution in [-0.2, 0) is 21.2 Å². The van der Waals surface area contributed by atoms with E-state index in [1.165, 1.54) is 21.3 Å². The van der Waals surface area contributed by atoms with Gasteiger partial charge in [0.1, 0.15) is 5.82 Å². The van der Waals surface area contributed by atoms with Crippen LogP contribution >= 0.6 is 0 Å². The molecule has 4 rings (SSSR count). The summed E-state index contributed by atoms with van der Waals surface area (Å²) in [6.45, 7) is -0.403. The number of aromatic nitrogens is 1. The molecule has 0 radical (unpaired) electrons. The third kappa shape index (κ3) is 7.36. The molecule has 10 nitrogen and oxygen atoms in total. The van der Waals surface area contributed by atoms with Crippen molar-refractivity contribution >= 4 is 33.4 Å². The zero-order chi connectivity index (χ0) is 29.8. The van der Waals surface area contributed by atoms with Crippen LogP contribution in [0.2, 0.25) is 0 Å². The fraction of sp³-hybridized carbons (Fsp3) is 0.231. The molecule has 4 amide bonds. The number of anilines is 1. The molecule has 3 aromatic rings. The fourth-order valence-electron chi connectivity index (χ4n) is 3.95. The quantitative estimate of drug-likeness (QED) is 0.346. The first kappa shape index (κ1) is 29.5. The molecule has 0 saturated carbocycles. The van der Waals surface area contributed by atoms with Crippen LogP contribution in [0.3, 0.4) is 0 Å². The maximum absolute atomic E-state index is 15.1. The largest absolute Gasteiger partial charge is 0.472 e. The lowest BCUT2D eigenvalue weighted by molar-refractivity contribution is -0.174. The molecule has 0 aliphatic carbocycles. The minimum Gasteiger partial charge on any atom is -0.322 e. The van der Waals surface area contributed by atoms with Crippen molar-refractivity contribution in [3.8, 4) is 11.1 Å². The van der Waals surface area contributed by atoms with Gasteiger partial charge in [0.25, 0.3) is 5.91 Å². The number of hydrazine groups is 1. The van der Waals surface area contributed by atoms with Gasteiger partial charge < -0.3 is 4.90 Å². The van der Waals surface area contributed by atoms with Crippen molar-refractivity contribution in [1.82, 2.24) is 20.7 Å². The normalized spacial score (nSPS) is 14.7. The Morgan fingerprint density at radius 3 is 2.22 bits per heavy atom. The summed E-state index contributed by atoms with van der Waals surface area (Å²) in [6.07, 6.45) is -1.94. The number of nitrogens with zero attached hydrogens (tertiary/aromatic N) is 3. The highest BCUT2D eigenvalue weighted by Gasteiger charge is 2.39. The predicted octanol–water partition coefficient (Wildman–Crippen LogP) is 3.07. The molecule has 1 aliphatic heterocycles. The minimum atomic E-state index is -5.23. The van der Waals surface area contributed by atoms with Gasteiger partial charge in [0.15, 0.2) is 9.84 Å². The highest BCUT2D eigenvalue weighted by molar-refractivity contribution is 7.91. The number of sulfone groups is 1. The van der Waals surface area contributed by atoms with Crippen LogP contribution in [0.1, 0.15) is 15.9 Å². The van der Waals surface area contributed by atoms with Crippen LogP contribution in [0.5, 0.6) is 0 Å². The van der Waals surface area contributed by atoms with Crippen molar-refractivity contribution < 1.29 is 40.4 Å². The molecule has 0 bridgehead atoms. The van der Waals surface area contributed by atoms with Crippen molar-refractivity contribution in [2.45, 2.75) is 12.7 Å². The van der Waals surface area contributed by atoms with Crippen molar-refractivity contribution in [2.75, 3.05) is 29.5 Å². The van der Waals surface area contributed by atoms with E-state index in [2.05, 4.69) is 4.98 Å². The van der Waals surface area contributed by atoms with E-state index in [0.29, 0.717) is 5.69 Å².